The van der Waals surface area contributed by atoms with Gasteiger partial charge in [-0.25, -0.2) is 0 Å². The lowest BCUT2D eigenvalue weighted by molar-refractivity contribution is -0.108. The smallest absolute Gasteiger partial charge is 0.122 e. The van der Waals surface area contributed by atoms with Gasteiger partial charge in [0.2, 0.25) is 0 Å². The lowest BCUT2D eigenvalue weighted by Crippen LogP contribution is -1.93. The molecule has 0 unspecified atom stereocenters. The molecule has 0 aromatic carbocycles. The molecule has 1 aromatic rings. The molecule has 0 spiro atoms. The van der Waals surface area contributed by atoms with Crippen LogP contribution in [0.2, 0.25) is 0 Å². The summed E-state index contributed by atoms with van der Waals surface area (Å²) in [6.07, 6.45) is 1.36. The van der Waals surface area contributed by atoms with E-state index in [9.17, 15) is 4.79 Å². The number of carbonyl (C=O) groups excluding carboxylic acids is 1. The Balaban J connectivity index is 2.09. The Morgan fingerprint density at radius 1 is 1.64 bits per heavy atom. The van der Waals surface area contributed by atoms with Gasteiger partial charge in [0.25, 0.3) is 0 Å². The van der Waals surface area contributed by atoms with E-state index >= 15 is 0 Å². The van der Waals surface area contributed by atoms with Gasteiger partial charge in [-0.3, -0.25) is 0 Å². The highest BCUT2D eigenvalue weighted by Crippen LogP contribution is 2.09. The van der Waals surface area contributed by atoms with Crippen LogP contribution in [-0.2, 0) is 16.1 Å². The second-order valence-corrected chi connectivity index (χ2v) is 3.12. The van der Waals surface area contributed by atoms with Gasteiger partial charge in [0.05, 0.1) is 13.2 Å². The van der Waals surface area contributed by atoms with Crippen LogP contribution in [0.4, 0.5) is 0 Å². The SMILES string of the molecule is O=CCCOCc1cccs1. The normalized spacial score (nSPS) is 9.82. The van der Waals surface area contributed by atoms with Crippen molar-refractivity contribution < 1.29 is 9.53 Å². The molecule has 1 rings (SSSR count). The molecule has 1 heterocycles. The molecule has 0 bridgehead atoms. The number of hydrogen-bond acceptors (Lipinski definition) is 3. The standard InChI is InChI=1S/C8H10O2S/c9-4-2-5-10-7-8-3-1-6-11-8/h1,3-4,6H,2,5,7H2. The summed E-state index contributed by atoms with van der Waals surface area (Å²) in [7, 11) is 0. The molecule has 0 amide bonds. The van der Waals surface area contributed by atoms with Crippen molar-refractivity contribution in [2.24, 2.45) is 0 Å². The number of carbonyl (C=O) groups is 1. The van der Waals surface area contributed by atoms with Crippen LogP contribution < -0.4 is 0 Å². The maximum atomic E-state index is 9.89. The van der Waals surface area contributed by atoms with E-state index in [0.717, 1.165) is 6.29 Å². The van der Waals surface area contributed by atoms with Crippen LogP contribution in [0.1, 0.15) is 11.3 Å². The third-order valence-electron chi connectivity index (χ3n) is 1.20. The van der Waals surface area contributed by atoms with Crippen molar-refractivity contribution in [3.05, 3.63) is 22.4 Å². The predicted molar refractivity (Wildman–Crippen MR) is 44.7 cm³/mol. The Hall–Kier alpha value is -0.670. The summed E-state index contributed by atoms with van der Waals surface area (Å²) in [5, 5.41) is 2.01. The van der Waals surface area contributed by atoms with E-state index in [4.69, 9.17) is 4.74 Å². The number of aldehydes is 1. The van der Waals surface area contributed by atoms with Crippen LogP contribution in [0.3, 0.4) is 0 Å². The van der Waals surface area contributed by atoms with Gasteiger partial charge in [0, 0.05) is 11.3 Å². The molecule has 3 heteroatoms. The molecule has 1 aromatic heterocycles. The van der Waals surface area contributed by atoms with Crippen molar-refractivity contribution in [2.75, 3.05) is 6.61 Å². The molecule has 0 atom stereocenters. The first-order chi connectivity index (χ1) is 5.43. The molecular weight excluding hydrogens is 160 g/mol. The average Bonchev–Trinajstić information content (AvgIpc) is 2.50. The number of thiophene rings is 1. The highest BCUT2D eigenvalue weighted by Gasteiger charge is 1.91. The molecule has 11 heavy (non-hydrogen) atoms. The number of rotatable bonds is 5. The van der Waals surface area contributed by atoms with Gasteiger partial charge in [-0.2, -0.15) is 0 Å². The van der Waals surface area contributed by atoms with E-state index in [1.165, 1.54) is 4.88 Å². The van der Waals surface area contributed by atoms with Crippen LogP contribution in [0, 0.1) is 0 Å². The molecule has 0 fully saturated rings. The molecule has 0 radical (unpaired) electrons. The van der Waals surface area contributed by atoms with Gasteiger partial charge < -0.3 is 9.53 Å². The first-order valence-corrected chi connectivity index (χ1v) is 4.35. The Bertz CT molecular complexity index is 194. The van der Waals surface area contributed by atoms with Crippen molar-refractivity contribution in [3.8, 4) is 0 Å². The maximum absolute atomic E-state index is 9.89. The summed E-state index contributed by atoms with van der Waals surface area (Å²) in [6, 6.07) is 4.01. The second kappa shape index (κ2) is 5.04. The summed E-state index contributed by atoms with van der Waals surface area (Å²) < 4.78 is 5.20. The van der Waals surface area contributed by atoms with Crippen molar-refractivity contribution in [1.82, 2.24) is 0 Å². The summed E-state index contributed by atoms with van der Waals surface area (Å²) in [5.41, 5.74) is 0. The monoisotopic (exact) mass is 170 g/mol. The van der Waals surface area contributed by atoms with Gasteiger partial charge in [-0.05, 0) is 11.4 Å². The van der Waals surface area contributed by atoms with Crippen LogP contribution in [0.5, 0.6) is 0 Å². The zero-order valence-electron chi connectivity index (χ0n) is 6.16. The lowest BCUT2D eigenvalue weighted by Gasteiger charge is -1.97. The van der Waals surface area contributed by atoms with Gasteiger partial charge >= 0.3 is 0 Å². The molecule has 2 nitrogen and oxygen atoms in total. The molecule has 0 aliphatic heterocycles. The maximum Gasteiger partial charge on any atom is 0.122 e. The fraction of sp³-hybridized carbons (Fsp3) is 0.375. The third-order valence-corrected chi connectivity index (χ3v) is 2.05. The zero-order valence-corrected chi connectivity index (χ0v) is 6.97. The molecule has 0 saturated carbocycles. The van der Waals surface area contributed by atoms with E-state index < -0.39 is 0 Å². The fourth-order valence-corrected chi connectivity index (χ4v) is 1.34. The van der Waals surface area contributed by atoms with Gasteiger partial charge in [-0.1, -0.05) is 6.07 Å². The van der Waals surface area contributed by atoms with E-state index in [2.05, 4.69) is 0 Å². The molecule has 0 aliphatic rings. The van der Waals surface area contributed by atoms with Gasteiger partial charge in [0.1, 0.15) is 6.29 Å². The van der Waals surface area contributed by atoms with E-state index in [-0.39, 0.29) is 0 Å². The predicted octanol–water partition coefficient (Wildman–Crippen LogP) is 1.85. The summed E-state index contributed by atoms with van der Waals surface area (Å²) in [6.45, 7) is 1.16. The quantitative estimate of drug-likeness (QED) is 0.498. The molecular formula is C8H10O2S. The molecule has 0 saturated heterocycles. The van der Waals surface area contributed by atoms with E-state index in [1.54, 1.807) is 11.3 Å². The molecule has 0 N–H and O–H groups in total. The highest BCUT2D eigenvalue weighted by molar-refractivity contribution is 7.09. The van der Waals surface area contributed by atoms with Crippen molar-refractivity contribution in [2.45, 2.75) is 13.0 Å². The number of hydrogen-bond donors (Lipinski definition) is 0. The summed E-state index contributed by atoms with van der Waals surface area (Å²) in [5.74, 6) is 0. The molecule has 60 valence electrons. The fourth-order valence-electron chi connectivity index (χ4n) is 0.699. The van der Waals surface area contributed by atoms with Crippen molar-refractivity contribution >= 4 is 17.6 Å². The Kier molecular flexibility index (Phi) is 3.86. The first kappa shape index (κ1) is 8.43. The van der Waals surface area contributed by atoms with Crippen LogP contribution in [0.15, 0.2) is 17.5 Å². The minimum absolute atomic E-state index is 0.491. The highest BCUT2D eigenvalue weighted by atomic mass is 32.1. The van der Waals surface area contributed by atoms with Crippen molar-refractivity contribution in [1.29, 1.82) is 0 Å². The Morgan fingerprint density at radius 3 is 3.18 bits per heavy atom. The third kappa shape index (κ3) is 3.30. The van der Waals surface area contributed by atoms with E-state index in [0.29, 0.717) is 19.6 Å². The van der Waals surface area contributed by atoms with E-state index in [1.807, 2.05) is 17.5 Å². The topological polar surface area (TPSA) is 26.3 Å². The average molecular weight is 170 g/mol. The Morgan fingerprint density at radius 2 is 2.55 bits per heavy atom. The van der Waals surface area contributed by atoms with Crippen LogP contribution in [0.25, 0.3) is 0 Å². The first-order valence-electron chi connectivity index (χ1n) is 3.47. The zero-order chi connectivity index (χ0) is 7.94. The summed E-state index contributed by atoms with van der Waals surface area (Å²) in [4.78, 5) is 11.1. The largest absolute Gasteiger partial charge is 0.375 e. The minimum Gasteiger partial charge on any atom is -0.375 e. The second-order valence-electron chi connectivity index (χ2n) is 2.09. The number of ether oxygens (including phenoxy) is 1. The van der Waals surface area contributed by atoms with Gasteiger partial charge in [-0.15, -0.1) is 11.3 Å². The Labute approximate surface area is 69.8 Å². The molecule has 0 aliphatic carbocycles. The van der Waals surface area contributed by atoms with Gasteiger partial charge in [0.15, 0.2) is 0 Å². The lowest BCUT2D eigenvalue weighted by atomic mass is 10.5. The van der Waals surface area contributed by atoms with Crippen LogP contribution >= 0.6 is 11.3 Å². The van der Waals surface area contributed by atoms with Crippen molar-refractivity contribution in [3.63, 3.8) is 0 Å². The minimum atomic E-state index is 0.491. The summed E-state index contributed by atoms with van der Waals surface area (Å²) >= 11 is 1.67. The van der Waals surface area contributed by atoms with Crippen LogP contribution in [-0.4, -0.2) is 12.9 Å².